The Labute approximate surface area is 84.1 Å². The van der Waals surface area contributed by atoms with E-state index in [1.807, 2.05) is 0 Å². The van der Waals surface area contributed by atoms with E-state index in [2.05, 4.69) is 41.5 Å². The monoisotopic (exact) mass is 182 g/mol. The van der Waals surface area contributed by atoms with Gasteiger partial charge in [0, 0.05) is 0 Å². The van der Waals surface area contributed by atoms with Crippen molar-refractivity contribution in [1.29, 1.82) is 0 Å². The van der Waals surface area contributed by atoms with Crippen LogP contribution >= 0.6 is 0 Å². The third-order valence-electron chi connectivity index (χ3n) is 4.72. The lowest BCUT2D eigenvalue weighted by Gasteiger charge is -2.53. The van der Waals surface area contributed by atoms with Gasteiger partial charge in [-0.25, -0.2) is 0 Å². The lowest BCUT2D eigenvalue weighted by atomic mass is 9.52. The van der Waals surface area contributed by atoms with Gasteiger partial charge in [0.2, 0.25) is 0 Å². The summed E-state index contributed by atoms with van der Waals surface area (Å²) >= 11 is 0. The van der Waals surface area contributed by atoms with Crippen molar-refractivity contribution >= 4 is 0 Å². The van der Waals surface area contributed by atoms with Crippen LogP contribution in [0.1, 0.15) is 60.8 Å². The van der Waals surface area contributed by atoms with E-state index in [0.717, 1.165) is 11.8 Å². The van der Waals surface area contributed by atoms with Gasteiger partial charge >= 0.3 is 0 Å². The molecular formula is C13H26. The first-order valence-electron chi connectivity index (χ1n) is 5.79. The second-order valence-corrected chi connectivity index (χ2v) is 6.38. The Morgan fingerprint density at radius 2 is 1.85 bits per heavy atom. The molecule has 0 heteroatoms. The Balaban J connectivity index is 2.49. The Morgan fingerprint density at radius 3 is 2.15 bits per heavy atom. The van der Waals surface area contributed by atoms with Gasteiger partial charge in [-0.15, -0.1) is 0 Å². The van der Waals surface area contributed by atoms with Crippen molar-refractivity contribution < 1.29 is 0 Å². The molecule has 0 aromatic carbocycles. The van der Waals surface area contributed by atoms with Crippen molar-refractivity contribution in [2.75, 3.05) is 0 Å². The van der Waals surface area contributed by atoms with E-state index in [-0.39, 0.29) is 0 Å². The van der Waals surface area contributed by atoms with Crippen LogP contribution < -0.4 is 0 Å². The first kappa shape index (κ1) is 11.1. The smallest absolute Gasteiger partial charge is 0.0300 e. The summed E-state index contributed by atoms with van der Waals surface area (Å²) in [5.41, 5.74) is 1.16. The van der Waals surface area contributed by atoms with Crippen LogP contribution in [0, 0.1) is 22.7 Å². The van der Waals surface area contributed by atoms with E-state index in [1.165, 1.54) is 19.3 Å². The van der Waals surface area contributed by atoms with Crippen LogP contribution in [0.2, 0.25) is 0 Å². The van der Waals surface area contributed by atoms with E-state index in [0.29, 0.717) is 10.8 Å². The molecule has 13 heavy (non-hydrogen) atoms. The molecule has 0 amide bonds. The maximum atomic E-state index is 2.44. The molecule has 78 valence electrons. The van der Waals surface area contributed by atoms with Crippen molar-refractivity contribution in [1.82, 2.24) is 0 Å². The zero-order valence-electron chi connectivity index (χ0n) is 10.3. The highest BCUT2D eigenvalue weighted by atomic mass is 14.5. The van der Waals surface area contributed by atoms with Gasteiger partial charge in [0.25, 0.3) is 0 Å². The number of rotatable bonds is 3. The SMILES string of the molecule is CCC(C)(C)CC1CC(C)C1(C)C. The van der Waals surface area contributed by atoms with E-state index < -0.39 is 0 Å². The van der Waals surface area contributed by atoms with E-state index in [1.54, 1.807) is 0 Å². The normalized spacial score (nSPS) is 32.8. The fourth-order valence-electron chi connectivity index (χ4n) is 2.43. The van der Waals surface area contributed by atoms with Crippen LogP contribution in [0.5, 0.6) is 0 Å². The summed E-state index contributed by atoms with van der Waals surface area (Å²) in [6.45, 7) is 14.4. The van der Waals surface area contributed by atoms with Crippen LogP contribution in [0.3, 0.4) is 0 Å². The van der Waals surface area contributed by atoms with Gasteiger partial charge in [0.05, 0.1) is 0 Å². The Hall–Kier alpha value is 0. The van der Waals surface area contributed by atoms with Crippen LogP contribution in [0.4, 0.5) is 0 Å². The van der Waals surface area contributed by atoms with Gasteiger partial charge in [-0.1, -0.05) is 48.0 Å². The summed E-state index contributed by atoms with van der Waals surface area (Å²) in [7, 11) is 0. The Morgan fingerprint density at radius 1 is 1.31 bits per heavy atom. The van der Waals surface area contributed by atoms with Gasteiger partial charge < -0.3 is 0 Å². The molecule has 0 spiro atoms. The summed E-state index contributed by atoms with van der Waals surface area (Å²) in [4.78, 5) is 0. The standard InChI is InChI=1S/C13H26/c1-7-12(3,4)9-11-8-10(2)13(11,5)6/h10-11H,7-9H2,1-6H3. The molecular weight excluding hydrogens is 156 g/mol. The zero-order valence-corrected chi connectivity index (χ0v) is 10.3. The predicted octanol–water partition coefficient (Wildman–Crippen LogP) is 4.49. The third kappa shape index (κ3) is 2.08. The minimum absolute atomic E-state index is 0.558. The first-order valence-corrected chi connectivity index (χ1v) is 5.79. The molecule has 1 aliphatic carbocycles. The average Bonchev–Trinajstić information content (AvgIpc) is 2.04. The highest BCUT2D eigenvalue weighted by molar-refractivity contribution is 4.95. The molecule has 0 radical (unpaired) electrons. The van der Waals surface area contributed by atoms with Gasteiger partial charge in [-0.05, 0) is 35.5 Å². The quantitative estimate of drug-likeness (QED) is 0.603. The van der Waals surface area contributed by atoms with Crippen molar-refractivity contribution in [3.05, 3.63) is 0 Å². The molecule has 1 rings (SSSR count). The van der Waals surface area contributed by atoms with Crippen LogP contribution in [0.25, 0.3) is 0 Å². The van der Waals surface area contributed by atoms with Crippen LogP contribution in [-0.2, 0) is 0 Å². The van der Waals surface area contributed by atoms with E-state index in [4.69, 9.17) is 0 Å². The van der Waals surface area contributed by atoms with Crippen molar-refractivity contribution in [3.63, 3.8) is 0 Å². The Bertz CT molecular complexity index is 176. The second kappa shape index (κ2) is 3.29. The molecule has 1 fully saturated rings. The van der Waals surface area contributed by atoms with E-state index >= 15 is 0 Å². The van der Waals surface area contributed by atoms with Gasteiger partial charge in [-0.3, -0.25) is 0 Å². The Kier molecular flexibility index (Phi) is 2.81. The molecule has 1 aliphatic rings. The fraction of sp³-hybridized carbons (Fsp3) is 1.00. The van der Waals surface area contributed by atoms with Crippen molar-refractivity contribution in [3.8, 4) is 0 Å². The van der Waals surface area contributed by atoms with Crippen molar-refractivity contribution in [2.24, 2.45) is 22.7 Å². The van der Waals surface area contributed by atoms with E-state index in [9.17, 15) is 0 Å². The van der Waals surface area contributed by atoms with Crippen molar-refractivity contribution in [2.45, 2.75) is 60.8 Å². The molecule has 0 aromatic rings. The van der Waals surface area contributed by atoms with Gasteiger partial charge in [0.15, 0.2) is 0 Å². The topological polar surface area (TPSA) is 0 Å². The second-order valence-electron chi connectivity index (χ2n) is 6.38. The highest BCUT2D eigenvalue weighted by Crippen LogP contribution is 2.55. The summed E-state index contributed by atoms with van der Waals surface area (Å²) in [5, 5.41) is 0. The molecule has 0 nitrogen and oxygen atoms in total. The van der Waals surface area contributed by atoms with Gasteiger partial charge in [0.1, 0.15) is 0 Å². The molecule has 2 atom stereocenters. The molecule has 0 heterocycles. The molecule has 0 saturated heterocycles. The van der Waals surface area contributed by atoms with Crippen LogP contribution in [-0.4, -0.2) is 0 Å². The van der Waals surface area contributed by atoms with Crippen LogP contribution in [0.15, 0.2) is 0 Å². The number of hydrogen-bond donors (Lipinski definition) is 0. The maximum absolute atomic E-state index is 2.44. The summed E-state index contributed by atoms with van der Waals surface area (Å²) in [6.07, 6.45) is 4.19. The minimum Gasteiger partial charge on any atom is -0.0649 e. The first-order chi connectivity index (χ1) is 5.79. The molecule has 0 N–H and O–H groups in total. The molecule has 0 bridgehead atoms. The average molecular weight is 182 g/mol. The number of hydrogen-bond acceptors (Lipinski definition) is 0. The minimum atomic E-state index is 0.558. The fourth-order valence-corrected chi connectivity index (χ4v) is 2.43. The molecule has 1 saturated carbocycles. The lowest BCUT2D eigenvalue weighted by molar-refractivity contribution is -0.0349. The molecule has 0 aromatic heterocycles. The summed E-state index contributed by atoms with van der Waals surface area (Å²) < 4.78 is 0. The predicted molar refractivity (Wildman–Crippen MR) is 59.7 cm³/mol. The highest BCUT2D eigenvalue weighted by Gasteiger charge is 2.46. The summed E-state index contributed by atoms with van der Waals surface area (Å²) in [5.74, 6) is 1.91. The third-order valence-corrected chi connectivity index (χ3v) is 4.72. The van der Waals surface area contributed by atoms with Gasteiger partial charge in [-0.2, -0.15) is 0 Å². The molecule has 2 unspecified atom stereocenters. The molecule has 0 aliphatic heterocycles. The lowest BCUT2D eigenvalue weighted by Crippen LogP contribution is -2.44. The zero-order chi connectivity index (χ0) is 10.3. The largest absolute Gasteiger partial charge is 0.0649 e. The maximum Gasteiger partial charge on any atom is -0.0300 e. The summed E-state index contributed by atoms with van der Waals surface area (Å²) in [6, 6.07) is 0.